The molecule has 1 heterocycles. The average Bonchev–Trinajstić information content (AvgIpc) is 3.10. The molecule has 28 heavy (non-hydrogen) atoms. The van der Waals surface area contributed by atoms with Crippen molar-refractivity contribution in [1.29, 1.82) is 0 Å². The standard InChI is InChI=1S/C20H17ClN2O4S/c1-12-7-16(27-10-19(25)26)5-6-17(12)23-18(24)9-15-11-28-20(22-15)13-3-2-4-14(21)8-13/h2-8,11H,9-10H2,1H3,(H,23,24)(H,25,26). The molecule has 0 unspecified atom stereocenters. The predicted octanol–water partition coefficient (Wildman–Crippen LogP) is 4.42. The van der Waals surface area contributed by atoms with Crippen LogP contribution in [0.1, 0.15) is 11.3 Å². The van der Waals surface area contributed by atoms with Crippen molar-refractivity contribution < 1.29 is 19.4 Å². The van der Waals surface area contributed by atoms with Crippen molar-refractivity contribution in [3.8, 4) is 16.3 Å². The largest absolute Gasteiger partial charge is 0.482 e. The van der Waals surface area contributed by atoms with Gasteiger partial charge in [0.1, 0.15) is 10.8 Å². The monoisotopic (exact) mass is 416 g/mol. The molecular weight excluding hydrogens is 400 g/mol. The number of aromatic nitrogens is 1. The maximum atomic E-state index is 12.4. The van der Waals surface area contributed by atoms with Gasteiger partial charge in [0.15, 0.2) is 6.61 Å². The number of anilines is 1. The normalized spacial score (nSPS) is 10.5. The molecule has 2 aromatic carbocycles. The molecule has 0 spiro atoms. The predicted molar refractivity (Wildman–Crippen MR) is 109 cm³/mol. The van der Waals surface area contributed by atoms with Gasteiger partial charge in [-0.3, -0.25) is 4.79 Å². The summed E-state index contributed by atoms with van der Waals surface area (Å²) < 4.78 is 5.13. The Labute approximate surface area is 170 Å². The van der Waals surface area contributed by atoms with Crippen LogP contribution in [0, 0.1) is 6.92 Å². The Kier molecular flexibility index (Phi) is 6.28. The van der Waals surface area contributed by atoms with Gasteiger partial charge in [0.25, 0.3) is 0 Å². The molecule has 3 rings (SSSR count). The molecule has 144 valence electrons. The third kappa shape index (κ3) is 5.31. The maximum Gasteiger partial charge on any atom is 0.341 e. The quantitative estimate of drug-likeness (QED) is 0.595. The summed E-state index contributed by atoms with van der Waals surface area (Å²) in [4.78, 5) is 27.4. The van der Waals surface area contributed by atoms with Crippen LogP contribution in [-0.4, -0.2) is 28.6 Å². The highest BCUT2D eigenvalue weighted by Crippen LogP contribution is 2.26. The van der Waals surface area contributed by atoms with E-state index in [1.165, 1.54) is 11.3 Å². The number of ether oxygens (including phenoxy) is 1. The number of hydrogen-bond acceptors (Lipinski definition) is 5. The molecule has 0 bridgehead atoms. The van der Waals surface area contributed by atoms with Crippen LogP contribution in [0.3, 0.4) is 0 Å². The number of hydrogen-bond donors (Lipinski definition) is 2. The first-order chi connectivity index (χ1) is 13.4. The fourth-order valence-electron chi connectivity index (χ4n) is 2.51. The molecule has 1 amide bonds. The number of carboxylic acids is 1. The Balaban J connectivity index is 1.62. The van der Waals surface area contributed by atoms with Gasteiger partial charge in [-0.25, -0.2) is 9.78 Å². The second kappa shape index (κ2) is 8.86. The van der Waals surface area contributed by atoms with Crippen LogP contribution in [0.5, 0.6) is 5.75 Å². The molecule has 2 N–H and O–H groups in total. The van der Waals surface area contributed by atoms with Gasteiger partial charge >= 0.3 is 5.97 Å². The Morgan fingerprint density at radius 3 is 2.79 bits per heavy atom. The third-order valence-electron chi connectivity index (χ3n) is 3.80. The fourth-order valence-corrected chi connectivity index (χ4v) is 3.52. The number of thiazole rings is 1. The number of nitrogens with zero attached hydrogens (tertiary/aromatic N) is 1. The molecule has 0 saturated carbocycles. The van der Waals surface area contributed by atoms with E-state index in [0.717, 1.165) is 16.1 Å². The van der Waals surface area contributed by atoms with Crippen LogP contribution < -0.4 is 10.1 Å². The van der Waals surface area contributed by atoms with Crippen LogP contribution >= 0.6 is 22.9 Å². The minimum atomic E-state index is -1.05. The second-order valence-corrected chi connectivity index (χ2v) is 7.33. The van der Waals surface area contributed by atoms with E-state index in [1.807, 2.05) is 30.5 Å². The zero-order valence-corrected chi connectivity index (χ0v) is 16.5. The van der Waals surface area contributed by atoms with Crippen molar-refractivity contribution in [1.82, 2.24) is 4.98 Å². The number of amides is 1. The van der Waals surface area contributed by atoms with E-state index in [1.54, 1.807) is 24.3 Å². The first-order valence-corrected chi connectivity index (χ1v) is 9.62. The molecule has 0 aliphatic heterocycles. The number of aryl methyl sites for hydroxylation is 1. The van der Waals surface area contributed by atoms with Crippen molar-refractivity contribution in [3.05, 3.63) is 64.1 Å². The van der Waals surface area contributed by atoms with Crippen LogP contribution in [0.25, 0.3) is 10.6 Å². The summed E-state index contributed by atoms with van der Waals surface area (Å²) in [6.45, 7) is 1.40. The Bertz CT molecular complexity index is 1020. The molecule has 0 aliphatic carbocycles. The lowest BCUT2D eigenvalue weighted by molar-refractivity contribution is -0.139. The van der Waals surface area contributed by atoms with Crippen LogP contribution in [0.2, 0.25) is 5.02 Å². The summed E-state index contributed by atoms with van der Waals surface area (Å²) in [6, 6.07) is 12.4. The molecule has 0 fully saturated rings. The van der Waals surface area contributed by atoms with Crippen molar-refractivity contribution in [3.63, 3.8) is 0 Å². The highest BCUT2D eigenvalue weighted by atomic mass is 35.5. The fraction of sp³-hybridized carbons (Fsp3) is 0.150. The van der Waals surface area contributed by atoms with Crippen molar-refractivity contribution in [2.24, 2.45) is 0 Å². The van der Waals surface area contributed by atoms with E-state index in [0.29, 0.717) is 22.2 Å². The molecule has 8 heteroatoms. The lowest BCUT2D eigenvalue weighted by atomic mass is 10.2. The number of carbonyl (C=O) groups is 2. The summed E-state index contributed by atoms with van der Waals surface area (Å²) in [5, 5.41) is 14.8. The zero-order valence-electron chi connectivity index (χ0n) is 14.9. The second-order valence-electron chi connectivity index (χ2n) is 6.04. The van der Waals surface area contributed by atoms with Crippen LogP contribution in [0.15, 0.2) is 47.8 Å². The van der Waals surface area contributed by atoms with E-state index in [-0.39, 0.29) is 12.3 Å². The molecule has 0 atom stereocenters. The number of carbonyl (C=O) groups excluding carboxylic acids is 1. The minimum Gasteiger partial charge on any atom is -0.482 e. The number of nitrogens with one attached hydrogen (secondary N) is 1. The van der Waals surface area contributed by atoms with Gasteiger partial charge in [-0.15, -0.1) is 11.3 Å². The first kappa shape index (κ1) is 19.9. The minimum absolute atomic E-state index is 0.147. The maximum absolute atomic E-state index is 12.4. The smallest absolute Gasteiger partial charge is 0.341 e. The molecular formula is C20H17ClN2O4S. The summed E-state index contributed by atoms with van der Waals surface area (Å²) in [5.41, 5.74) is 3.00. The highest BCUT2D eigenvalue weighted by Gasteiger charge is 2.11. The van der Waals surface area contributed by atoms with E-state index >= 15 is 0 Å². The number of halogens is 1. The number of aliphatic carboxylic acids is 1. The number of carboxylic acid groups (broad SMARTS) is 1. The van der Waals surface area contributed by atoms with Crippen molar-refractivity contribution >= 4 is 40.5 Å². The molecule has 1 aromatic heterocycles. The van der Waals surface area contributed by atoms with Gasteiger partial charge < -0.3 is 15.2 Å². The topological polar surface area (TPSA) is 88.5 Å². The Morgan fingerprint density at radius 1 is 1.25 bits per heavy atom. The third-order valence-corrected chi connectivity index (χ3v) is 4.97. The van der Waals surface area contributed by atoms with E-state index < -0.39 is 12.6 Å². The SMILES string of the molecule is Cc1cc(OCC(=O)O)ccc1NC(=O)Cc1csc(-c2cccc(Cl)c2)n1. The summed E-state index contributed by atoms with van der Waals surface area (Å²) in [5.74, 6) is -0.802. The summed E-state index contributed by atoms with van der Waals surface area (Å²) in [7, 11) is 0. The van der Waals surface area contributed by atoms with Gasteiger partial charge in [0.2, 0.25) is 5.91 Å². The van der Waals surface area contributed by atoms with Crippen LogP contribution in [0.4, 0.5) is 5.69 Å². The molecule has 6 nitrogen and oxygen atoms in total. The van der Waals surface area contributed by atoms with E-state index in [2.05, 4.69) is 10.3 Å². The number of benzene rings is 2. The van der Waals surface area contributed by atoms with Gasteiger partial charge in [-0.1, -0.05) is 23.7 Å². The Hall–Kier alpha value is -2.90. The van der Waals surface area contributed by atoms with Gasteiger partial charge in [0.05, 0.1) is 12.1 Å². The van der Waals surface area contributed by atoms with Gasteiger partial charge in [-0.2, -0.15) is 0 Å². The van der Waals surface area contributed by atoms with Gasteiger partial charge in [-0.05, 0) is 42.8 Å². The van der Waals surface area contributed by atoms with Gasteiger partial charge in [0, 0.05) is 21.7 Å². The molecule has 0 radical (unpaired) electrons. The molecule has 3 aromatic rings. The lowest BCUT2D eigenvalue weighted by Gasteiger charge is -2.10. The summed E-state index contributed by atoms with van der Waals surface area (Å²) in [6.07, 6.45) is 0.147. The highest BCUT2D eigenvalue weighted by molar-refractivity contribution is 7.13. The zero-order chi connectivity index (χ0) is 20.1. The van der Waals surface area contributed by atoms with Crippen molar-refractivity contribution in [2.75, 3.05) is 11.9 Å². The van der Waals surface area contributed by atoms with E-state index in [9.17, 15) is 9.59 Å². The Morgan fingerprint density at radius 2 is 2.07 bits per heavy atom. The number of rotatable bonds is 7. The van der Waals surface area contributed by atoms with Crippen molar-refractivity contribution in [2.45, 2.75) is 13.3 Å². The van der Waals surface area contributed by atoms with E-state index in [4.69, 9.17) is 21.4 Å². The summed E-state index contributed by atoms with van der Waals surface area (Å²) >= 11 is 7.47. The molecule has 0 saturated heterocycles. The average molecular weight is 417 g/mol. The molecule has 0 aliphatic rings. The lowest BCUT2D eigenvalue weighted by Crippen LogP contribution is -2.15. The van der Waals surface area contributed by atoms with Crippen LogP contribution in [-0.2, 0) is 16.0 Å². The first-order valence-electron chi connectivity index (χ1n) is 8.36.